The molecular weight excluding hydrogens is 346 g/mol. The molecule has 0 aromatic heterocycles. The molecule has 6 nitrogen and oxygen atoms in total. The lowest BCUT2D eigenvalue weighted by molar-refractivity contribution is -0.145. The average Bonchev–Trinajstić information content (AvgIpc) is 2.91. The van der Waals surface area contributed by atoms with E-state index in [0.29, 0.717) is 18.4 Å². The maximum atomic E-state index is 12.3. The van der Waals surface area contributed by atoms with Crippen molar-refractivity contribution in [2.45, 2.75) is 33.1 Å². The first-order chi connectivity index (χ1) is 12.9. The maximum absolute atomic E-state index is 12.3. The molecule has 0 spiro atoms. The zero-order valence-corrected chi connectivity index (χ0v) is 15.6. The minimum absolute atomic E-state index is 0.00132. The van der Waals surface area contributed by atoms with Crippen LogP contribution in [0.15, 0.2) is 30.4 Å². The fourth-order valence-electron chi connectivity index (χ4n) is 3.51. The number of ketones is 1. The highest BCUT2D eigenvalue weighted by Gasteiger charge is 2.46. The molecule has 1 saturated heterocycles. The number of fused-ring (bicyclic) bond motifs is 1. The molecule has 1 aliphatic carbocycles. The van der Waals surface area contributed by atoms with Crippen LogP contribution in [0.25, 0.3) is 0 Å². The number of imide groups is 1. The lowest BCUT2D eigenvalue weighted by Crippen LogP contribution is -2.33. The van der Waals surface area contributed by atoms with Crippen LogP contribution in [0.3, 0.4) is 0 Å². The van der Waals surface area contributed by atoms with Gasteiger partial charge < -0.3 is 4.74 Å². The number of aryl methyl sites for hydroxylation is 2. The zero-order valence-electron chi connectivity index (χ0n) is 15.6. The summed E-state index contributed by atoms with van der Waals surface area (Å²) in [6.07, 6.45) is 4.87. The first kappa shape index (κ1) is 19.0. The van der Waals surface area contributed by atoms with Gasteiger partial charge in [0.25, 0.3) is 0 Å². The number of carbonyl (C=O) groups is 4. The number of benzene rings is 1. The molecule has 1 fully saturated rings. The first-order valence-corrected chi connectivity index (χ1v) is 9.14. The Balaban J connectivity index is 1.48. The topological polar surface area (TPSA) is 80.8 Å². The Labute approximate surface area is 158 Å². The zero-order chi connectivity index (χ0) is 19.6. The van der Waals surface area contributed by atoms with Crippen LogP contribution in [0, 0.1) is 25.7 Å². The fourth-order valence-corrected chi connectivity index (χ4v) is 3.51. The van der Waals surface area contributed by atoms with E-state index in [2.05, 4.69) is 0 Å². The van der Waals surface area contributed by atoms with Crippen LogP contribution in [0.4, 0.5) is 0 Å². The number of amides is 2. The van der Waals surface area contributed by atoms with Gasteiger partial charge in [-0.1, -0.05) is 24.3 Å². The largest absolute Gasteiger partial charge is 0.457 e. The number of esters is 1. The van der Waals surface area contributed by atoms with Gasteiger partial charge in [-0.15, -0.1) is 0 Å². The lowest BCUT2D eigenvalue weighted by Gasteiger charge is -2.14. The third-order valence-corrected chi connectivity index (χ3v) is 5.33. The van der Waals surface area contributed by atoms with E-state index in [1.54, 1.807) is 12.1 Å². The molecule has 1 aromatic rings. The number of hydrogen-bond donors (Lipinski definition) is 0. The van der Waals surface area contributed by atoms with E-state index in [4.69, 9.17) is 4.74 Å². The van der Waals surface area contributed by atoms with Crippen molar-refractivity contribution in [3.8, 4) is 0 Å². The van der Waals surface area contributed by atoms with Gasteiger partial charge in [0.15, 0.2) is 12.4 Å². The van der Waals surface area contributed by atoms with Gasteiger partial charge in [0.2, 0.25) is 11.8 Å². The van der Waals surface area contributed by atoms with Crippen LogP contribution < -0.4 is 0 Å². The van der Waals surface area contributed by atoms with Gasteiger partial charge in [-0.05, 0) is 43.9 Å². The average molecular weight is 369 g/mol. The monoisotopic (exact) mass is 369 g/mol. The van der Waals surface area contributed by atoms with Gasteiger partial charge in [-0.2, -0.15) is 0 Å². The van der Waals surface area contributed by atoms with Crippen molar-refractivity contribution in [3.05, 3.63) is 47.0 Å². The molecular formula is C21H23NO5. The molecule has 142 valence electrons. The van der Waals surface area contributed by atoms with Crippen LogP contribution >= 0.6 is 0 Å². The van der Waals surface area contributed by atoms with E-state index in [-0.39, 0.29) is 49.0 Å². The number of hydrogen-bond acceptors (Lipinski definition) is 5. The summed E-state index contributed by atoms with van der Waals surface area (Å²) in [5, 5.41) is 0. The summed E-state index contributed by atoms with van der Waals surface area (Å²) in [6.45, 7) is 3.52. The third kappa shape index (κ3) is 3.99. The van der Waals surface area contributed by atoms with Gasteiger partial charge in [0.1, 0.15) is 0 Å². The van der Waals surface area contributed by atoms with E-state index >= 15 is 0 Å². The normalized spacial score (nSPS) is 21.3. The van der Waals surface area contributed by atoms with Crippen molar-refractivity contribution in [1.82, 2.24) is 4.90 Å². The van der Waals surface area contributed by atoms with Crippen molar-refractivity contribution in [2.75, 3.05) is 13.2 Å². The number of nitrogens with zero attached hydrogens (tertiary/aromatic N) is 1. The second-order valence-corrected chi connectivity index (χ2v) is 7.12. The molecule has 6 heteroatoms. The summed E-state index contributed by atoms with van der Waals surface area (Å²) in [7, 11) is 0. The molecule has 1 aliphatic heterocycles. The maximum Gasteiger partial charge on any atom is 0.308 e. The van der Waals surface area contributed by atoms with Crippen molar-refractivity contribution in [2.24, 2.45) is 11.8 Å². The van der Waals surface area contributed by atoms with Gasteiger partial charge in [-0.3, -0.25) is 24.1 Å². The molecule has 0 radical (unpaired) electrons. The number of carbonyl (C=O) groups excluding carboxylic acids is 4. The first-order valence-electron chi connectivity index (χ1n) is 9.14. The second-order valence-electron chi connectivity index (χ2n) is 7.12. The van der Waals surface area contributed by atoms with Crippen molar-refractivity contribution in [1.29, 1.82) is 0 Å². The summed E-state index contributed by atoms with van der Waals surface area (Å²) in [4.78, 5) is 49.9. The Bertz CT molecular complexity index is 800. The van der Waals surface area contributed by atoms with Crippen LogP contribution in [-0.2, 0) is 19.1 Å². The van der Waals surface area contributed by atoms with Crippen molar-refractivity contribution < 1.29 is 23.9 Å². The van der Waals surface area contributed by atoms with Gasteiger partial charge in [0, 0.05) is 12.1 Å². The van der Waals surface area contributed by atoms with Crippen LogP contribution in [0.2, 0.25) is 0 Å². The van der Waals surface area contributed by atoms with E-state index in [1.165, 1.54) is 0 Å². The molecule has 1 heterocycles. The smallest absolute Gasteiger partial charge is 0.308 e. The second kappa shape index (κ2) is 7.86. The molecule has 2 atom stereocenters. The highest BCUT2D eigenvalue weighted by molar-refractivity contribution is 6.05. The van der Waals surface area contributed by atoms with E-state index in [9.17, 15) is 19.2 Å². The predicted octanol–water partition coefficient (Wildman–Crippen LogP) is 2.37. The molecule has 0 N–H and O–H groups in total. The predicted molar refractivity (Wildman–Crippen MR) is 97.9 cm³/mol. The molecule has 27 heavy (non-hydrogen) atoms. The molecule has 2 amide bonds. The number of allylic oxidation sites excluding steroid dienone is 2. The Kier molecular flexibility index (Phi) is 5.54. The molecule has 1 aromatic carbocycles. The van der Waals surface area contributed by atoms with Crippen LogP contribution in [-0.4, -0.2) is 41.6 Å². The molecule has 0 saturated carbocycles. The summed E-state index contributed by atoms with van der Waals surface area (Å²) in [5.74, 6) is -1.91. The number of rotatable bonds is 6. The third-order valence-electron chi connectivity index (χ3n) is 5.33. The van der Waals surface area contributed by atoms with E-state index in [1.807, 2.05) is 32.1 Å². The Morgan fingerprint density at radius 2 is 1.67 bits per heavy atom. The van der Waals surface area contributed by atoms with Gasteiger partial charge >= 0.3 is 5.97 Å². The number of Topliss-reactive ketones (excluding diaryl/α,β-unsaturated/α-hetero) is 1. The number of ether oxygens (including phenoxy) is 1. The lowest BCUT2D eigenvalue weighted by atomic mass is 9.85. The molecule has 2 unspecified atom stereocenters. The minimum Gasteiger partial charge on any atom is -0.457 e. The molecule has 3 rings (SSSR count). The molecule has 0 bridgehead atoms. The quantitative estimate of drug-likeness (QED) is 0.333. The summed E-state index contributed by atoms with van der Waals surface area (Å²) < 4.78 is 5.03. The van der Waals surface area contributed by atoms with Crippen molar-refractivity contribution in [3.63, 3.8) is 0 Å². The number of likely N-dealkylation sites (tertiary alicyclic amines) is 1. The summed E-state index contributed by atoms with van der Waals surface area (Å²) in [5.41, 5.74) is 2.57. The summed E-state index contributed by atoms with van der Waals surface area (Å²) in [6, 6.07) is 5.32. The van der Waals surface area contributed by atoms with Crippen LogP contribution in [0.1, 0.15) is 40.7 Å². The van der Waals surface area contributed by atoms with Crippen LogP contribution in [0.5, 0.6) is 0 Å². The Morgan fingerprint density at radius 3 is 2.26 bits per heavy atom. The van der Waals surface area contributed by atoms with Gasteiger partial charge in [0.05, 0.1) is 18.3 Å². The Hall–Kier alpha value is -2.76. The fraction of sp³-hybridized carbons (Fsp3) is 0.429. The SMILES string of the molecule is Cc1ccc(C(=O)COC(=O)CCN2C(=O)C3CC=CCC3C2=O)cc1C. The Morgan fingerprint density at radius 1 is 1.04 bits per heavy atom. The highest BCUT2D eigenvalue weighted by atomic mass is 16.5. The van der Waals surface area contributed by atoms with E-state index in [0.717, 1.165) is 16.0 Å². The van der Waals surface area contributed by atoms with Crippen molar-refractivity contribution >= 4 is 23.6 Å². The van der Waals surface area contributed by atoms with Gasteiger partial charge in [-0.25, -0.2) is 0 Å². The van der Waals surface area contributed by atoms with E-state index < -0.39 is 5.97 Å². The molecule has 2 aliphatic rings. The standard InChI is InChI=1S/C21H23NO5/c1-13-7-8-15(11-14(13)2)18(23)12-27-19(24)9-10-22-20(25)16-5-3-4-6-17(16)21(22)26/h3-4,7-8,11,16-17H,5-6,9-10,12H2,1-2H3. The summed E-state index contributed by atoms with van der Waals surface area (Å²) >= 11 is 0. The minimum atomic E-state index is -0.596. The highest BCUT2D eigenvalue weighted by Crippen LogP contribution is 2.34.